The number of hydrogen-bond donors (Lipinski definition) is 2. The maximum Gasteiger partial charge on any atom is 0.252 e. The number of pyridine rings is 1. The van der Waals surface area contributed by atoms with Gasteiger partial charge in [-0.05, 0) is 30.7 Å². The van der Waals surface area contributed by atoms with E-state index in [0.29, 0.717) is 5.56 Å². The highest BCUT2D eigenvalue weighted by Gasteiger charge is 2.18. The zero-order chi connectivity index (χ0) is 15.4. The van der Waals surface area contributed by atoms with Crippen LogP contribution < -0.4 is 5.32 Å². The molecule has 2 N–H and O–H groups in total. The van der Waals surface area contributed by atoms with E-state index in [2.05, 4.69) is 10.3 Å². The van der Waals surface area contributed by atoms with Crippen LogP contribution in [0.15, 0.2) is 36.7 Å². The number of nitrogens with one attached hydrogen (secondary N) is 1. The van der Waals surface area contributed by atoms with Crippen molar-refractivity contribution in [1.29, 1.82) is 0 Å². The number of rotatable bonds is 4. The third-order valence-electron chi connectivity index (χ3n) is 2.93. The SMILES string of the molecule is Cc1cncc(C(=O)NCC(O)c2c(F)cccc2F)c1. The lowest BCUT2D eigenvalue weighted by Crippen LogP contribution is -2.29. The second kappa shape index (κ2) is 6.41. The fourth-order valence-corrected chi connectivity index (χ4v) is 1.90. The molecule has 0 radical (unpaired) electrons. The standard InChI is InChI=1S/C15H14F2N2O2/c1-9-5-10(7-18-6-9)15(21)19-8-13(20)14-11(16)3-2-4-12(14)17/h2-7,13,20H,8H2,1H3,(H,19,21). The molecule has 0 aliphatic carbocycles. The third-order valence-corrected chi connectivity index (χ3v) is 2.93. The van der Waals surface area contributed by atoms with Crippen molar-refractivity contribution in [2.45, 2.75) is 13.0 Å². The van der Waals surface area contributed by atoms with Gasteiger partial charge < -0.3 is 10.4 Å². The van der Waals surface area contributed by atoms with Gasteiger partial charge in [0.05, 0.1) is 11.1 Å². The predicted molar refractivity (Wildman–Crippen MR) is 72.6 cm³/mol. The Kier molecular flexibility index (Phi) is 4.59. The van der Waals surface area contributed by atoms with Crippen molar-refractivity contribution in [2.24, 2.45) is 0 Å². The van der Waals surface area contributed by atoms with E-state index in [4.69, 9.17) is 0 Å². The van der Waals surface area contributed by atoms with Crippen LogP contribution in [0.1, 0.15) is 27.6 Å². The average Bonchev–Trinajstić information content (AvgIpc) is 2.44. The first kappa shape index (κ1) is 15.1. The van der Waals surface area contributed by atoms with Crippen LogP contribution in [0.4, 0.5) is 8.78 Å². The number of carbonyl (C=O) groups is 1. The van der Waals surface area contributed by atoms with E-state index in [9.17, 15) is 18.7 Å². The smallest absolute Gasteiger partial charge is 0.252 e. The summed E-state index contributed by atoms with van der Waals surface area (Å²) < 4.78 is 27.0. The van der Waals surface area contributed by atoms with Crippen LogP contribution in [0.25, 0.3) is 0 Å². The Morgan fingerprint density at radius 3 is 2.62 bits per heavy atom. The largest absolute Gasteiger partial charge is 0.386 e. The lowest BCUT2D eigenvalue weighted by Gasteiger charge is -2.14. The summed E-state index contributed by atoms with van der Waals surface area (Å²) in [7, 11) is 0. The van der Waals surface area contributed by atoms with Crippen molar-refractivity contribution in [2.75, 3.05) is 6.54 Å². The summed E-state index contributed by atoms with van der Waals surface area (Å²) in [5.41, 5.74) is 0.666. The van der Waals surface area contributed by atoms with Crippen molar-refractivity contribution in [3.05, 3.63) is 65.0 Å². The molecule has 0 fully saturated rings. The number of amides is 1. The first-order valence-corrected chi connectivity index (χ1v) is 6.31. The number of halogens is 2. The Morgan fingerprint density at radius 1 is 1.33 bits per heavy atom. The quantitative estimate of drug-likeness (QED) is 0.907. The minimum Gasteiger partial charge on any atom is -0.386 e. The van der Waals surface area contributed by atoms with Crippen LogP contribution in [-0.4, -0.2) is 22.5 Å². The maximum absolute atomic E-state index is 13.5. The summed E-state index contributed by atoms with van der Waals surface area (Å²) in [5, 5.41) is 12.2. The molecule has 4 nitrogen and oxygen atoms in total. The zero-order valence-electron chi connectivity index (χ0n) is 11.3. The highest BCUT2D eigenvalue weighted by molar-refractivity contribution is 5.94. The van der Waals surface area contributed by atoms with E-state index in [0.717, 1.165) is 17.7 Å². The number of aryl methyl sites for hydroxylation is 1. The zero-order valence-corrected chi connectivity index (χ0v) is 11.3. The van der Waals surface area contributed by atoms with Gasteiger partial charge >= 0.3 is 0 Å². The molecule has 1 aromatic carbocycles. The molecule has 6 heteroatoms. The second-order valence-electron chi connectivity index (χ2n) is 4.61. The number of aromatic nitrogens is 1. The molecular weight excluding hydrogens is 278 g/mol. The van der Waals surface area contributed by atoms with Gasteiger partial charge in [-0.2, -0.15) is 0 Å². The topological polar surface area (TPSA) is 62.2 Å². The van der Waals surface area contributed by atoms with Crippen LogP contribution >= 0.6 is 0 Å². The Labute approximate surface area is 120 Å². The monoisotopic (exact) mass is 292 g/mol. The van der Waals surface area contributed by atoms with Crippen LogP contribution in [0, 0.1) is 18.6 Å². The molecule has 110 valence electrons. The average molecular weight is 292 g/mol. The van der Waals surface area contributed by atoms with Gasteiger partial charge in [-0.25, -0.2) is 8.78 Å². The van der Waals surface area contributed by atoms with Gasteiger partial charge in [0.2, 0.25) is 0 Å². The summed E-state index contributed by atoms with van der Waals surface area (Å²) in [6, 6.07) is 4.93. The molecule has 0 saturated carbocycles. The van der Waals surface area contributed by atoms with Crippen molar-refractivity contribution in [1.82, 2.24) is 10.3 Å². The van der Waals surface area contributed by atoms with Crippen LogP contribution in [0.2, 0.25) is 0 Å². The molecule has 2 aromatic rings. The first-order valence-electron chi connectivity index (χ1n) is 6.31. The lowest BCUT2D eigenvalue weighted by atomic mass is 10.1. The molecule has 1 heterocycles. The van der Waals surface area contributed by atoms with E-state index in [1.807, 2.05) is 0 Å². The summed E-state index contributed by atoms with van der Waals surface area (Å²) >= 11 is 0. The molecule has 2 rings (SSSR count). The molecular formula is C15H14F2N2O2. The highest BCUT2D eigenvalue weighted by Crippen LogP contribution is 2.20. The van der Waals surface area contributed by atoms with Gasteiger partial charge in [-0.3, -0.25) is 9.78 Å². The van der Waals surface area contributed by atoms with E-state index >= 15 is 0 Å². The number of benzene rings is 1. The van der Waals surface area contributed by atoms with Gasteiger partial charge in [0.25, 0.3) is 5.91 Å². The molecule has 0 spiro atoms. The number of carbonyl (C=O) groups excluding carboxylic acids is 1. The van der Waals surface area contributed by atoms with Crippen LogP contribution in [0.3, 0.4) is 0 Å². The second-order valence-corrected chi connectivity index (χ2v) is 4.61. The summed E-state index contributed by atoms with van der Waals surface area (Å²) in [6.07, 6.45) is 1.51. The lowest BCUT2D eigenvalue weighted by molar-refractivity contribution is 0.0911. The Balaban J connectivity index is 2.04. The number of nitrogens with zero attached hydrogens (tertiary/aromatic N) is 1. The van der Waals surface area contributed by atoms with Gasteiger partial charge in [0, 0.05) is 18.9 Å². The van der Waals surface area contributed by atoms with E-state index in [1.165, 1.54) is 12.3 Å². The predicted octanol–water partition coefficient (Wildman–Crippen LogP) is 2.13. The van der Waals surface area contributed by atoms with Crippen LogP contribution in [-0.2, 0) is 0 Å². The molecule has 21 heavy (non-hydrogen) atoms. The van der Waals surface area contributed by atoms with Gasteiger partial charge in [0.1, 0.15) is 17.7 Å². The van der Waals surface area contributed by atoms with Crippen molar-refractivity contribution >= 4 is 5.91 Å². The van der Waals surface area contributed by atoms with E-state index in [-0.39, 0.29) is 6.54 Å². The molecule has 0 aliphatic rings. The van der Waals surface area contributed by atoms with Crippen molar-refractivity contribution < 1.29 is 18.7 Å². The Morgan fingerprint density at radius 2 is 2.00 bits per heavy atom. The number of hydrogen-bond acceptors (Lipinski definition) is 3. The fraction of sp³-hybridized carbons (Fsp3) is 0.200. The molecule has 0 bridgehead atoms. The molecule has 1 unspecified atom stereocenters. The van der Waals surface area contributed by atoms with Crippen LogP contribution in [0.5, 0.6) is 0 Å². The maximum atomic E-state index is 13.5. The fourth-order valence-electron chi connectivity index (χ4n) is 1.90. The van der Waals surface area contributed by atoms with Gasteiger partial charge in [0.15, 0.2) is 0 Å². The van der Waals surface area contributed by atoms with E-state index < -0.39 is 29.2 Å². The third kappa shape index (κ3) is 3.61. The highest BCUT2D eigenvalue weighted by atomic mass is 19.1. The molecule has 1 amide bonds. The summed E-state index contributed by atoms with van der Waals surface area (Å²) in [6.45, 7) is 1.48. The molecule has 0 aliphatic heterocycles. The molecule has 1 aromatic heterocycles. The molecule has 0 saturated heterocycles. The normalized spacial score (nSPS) is 12.0. The minimum atomic E-state index is -1.46. The Hall–Kier alpha value is -2.34. The summed E-state index contributed by atoms with van der Waals surface area (Å²) in [4.78, 5) is 15.7. The summed E-state index contributed by atoms with van der Waals surface area (Å²) in [5.74, 6) is -2.18. The number of aliphatic hydroxyl groups is 1. The first-order chi connectivity index (χ1) is 9.99. The Bertz CT molecular complexity index is 642. The van der Waals surface area contributed by atoms with Gasteiger partial charge in [-0.15, -0.1) is 0 Å². The van der Waals surface area contributed by atoms with Crippen molar-refractivity contribution in [3.63, 3.8) is 0 Å². The minimum absolute atomic E-state index is 0.301. The molecule has 1 atom stereocenters. The number of aliphatic hydroxyl groups excluding tert-OH is 1. The van der Waals surface area contributed by atoms with Crippen molar-refractivity contribution in [3.8, 4) is 0 Å². The van der Waals surface area contributed by atoms with Gasteiger partial charge in [-0.1, -0.05) is 6.07 Å². The van der Waals surface area contributed by atoms with E-state index in [1.54, 1.807) is 19.2 Å².